The van der Waals surface area contributed by atoms with Gasteiger partial charge in [0.25, 0.3) is 5.56 Å². The third kappa shape index (κ3) is 3.63. The van der Waals surface area contributed by atoms with Gasteiger partial charge in [-0.1, -0.05) is 13.8 Å². The average Bonchev–Trinajstić information content (AvgIpc) is 2.95. The largest absolute Gasteiger partial charge is 0.376 e. The second kappa shape index (κ2) is 7.39. The molecule has 1 aliphatic rings. The summed E-state index contributed by atoms with van der Waals surface area (Å²) in [5.41, 5.74) is 0.472. The number of aromatic nitrogens is 4. The van der Waals surface area contributed by atoms with E-state index < -0.39 is 0 Å². The van der Waals surface area contributed by atoms with E-state index in [1.807, 2.05) is 4.57 Å². The summed E-state index contributed by atoms with van der Waals surface area (Å²) in [6.45, 7) is 9.52. The molecule has 0 spiro atoms. The molecule has 1 saturated heterocycles. The molecule has 0 amide bonds. The van der Waals surface area contributed by atoms with E-state index in [2.05, 4.69) is 32.7 Å². The minimum atomic E-state index is -0.287. The van der Waals surface area contributed by atoms with E-state index in [1.54, 1.807) is 13.4 Å². The van der Waals surface area contributed by atoms with Crippen LogP contribution in [-0.4, -0.2) is 30.9 Å². The zero-order valence-corrected chi connectivity index (χ0v) is 16.4. The maximum atomic E-state index is 13.0. The van der Waals surface area contributed by atoms with Gasteiger partial charge in [-0.05, 0) is 44.9 Å². The van der Waals surface area contributed by atoms with Gasteiger partial charge >= 0.3 is 5.69 Å². The Morgan fingerprint density at radius 1 is 1.23 bits per heavy atom. The topological polar surface area (TPSA) is 71.1 Å². The lowest BCUT2D eigenvalue weighted by atomic mass is 9.90. The summed E-state index contributed by atoms with van der Waals surface area (Å²) in [6.07, 6.45) is 4.91. The molecule has 2 aromatic rings. The second-order valence-electron chi connectivity index (χ2n) is 8.14. The Kier molecular flexibility index (Phi) is 5.37. The summed E-state index contributed by atoms with van der Waals surface area (Å²) >= 11 is 0. The molecule has 26 heavy (non-hydrogen) atoms. The first-order chi connectivity index (χ1) is 12.3. The number of rotatable bonds is 5. The number of ether oxygens (including phenoxy) is 1. The Hall–Kier alpha value is -1.89. The van der Waals surface area contributed by atoms with Crippen molar-refractivity contribution in [2.45, 2.75) is 72.3 Å². The van der Waals surface area contributed by atoms with E-state index in [-0.39, 0.29) is 23.5 Å². The molecule has 1 fully saturated rings. The molecule has 3 rings (SSSR count). The molecular formula is C19H30N4O3. The monoisotopic (exact) mass is 362 g/mol. The van der Waals surface area contributed by atoms with Crippen LogP contribution in [0.2, 0.25) is 0 Å². The van der Waals surface area contributed by atoms with Crippen LogP contribution in [-0.2, 0) is 24.9 Å². The molecule has 3 heterocycles. The van der Waals surface area contributed by atoms with Crippen LogP contribution in [0.15, 0.2) is 15.9 Å². The van der Waals surface area contributed by atoms with Crippen LogP contribution in [0.3, 0.4) is 0 Å². The summed E-state index contributed by atoms with van der Waals surface area (Å²) in [4.78, 5) is 30.0. The predicted octanol–water partition coefficient (Wildman–Crippen LogP) is 2.15. The molecule has 2 aromatic heterocycles. The smallest absolute Gasteiger partial charge is 0.332 e. The first-order valence-electron chi connectivity index (χ1n) is 9.58. The zero-order chi connectivity index (χ0) is 19.0. The Balaban J connectivity index is 1.93. The highest BCUT2D eigenvalue weighted by Gasteiger charge is 2.25. The van der Waals surface area contributed by atoms with Gasteiger partial charge in [0, 0.05) is 20.1 Å². The number of nitrogens with zero attached hydrogens (tertiary/aromatic N) is 4. The molecule has 0 aromatic carbocycles. The molecule has 0 radical (unpaired) electrons. The first-order valence-corrected chi connectivity index (χ1v) is 9.58. The molecule has 0 saturated carbocycles. The van der Waals surface area contributed by atoms with Gasteiger partial charge < -0.3 is 9.30 Å². The van der Waals surface area contributed by atoms with Crippen molar-refractivity contribution < 1.29 is 4.74 Å². The van der Waals surface area contributed by atoms with Gasteiger partial charge in [-0.3, -0.25) is 13.9 Å². The van der Waals surface area contributed by atoms with Crippen molar-refractivity contribution in [1.29, 1.82) is 0 Å². The predicted molar refractivity (Wildman–Crippen MR) is 101 cm³/mol. The summed E-state index contributed by atoms with van der Waals surface area (Å²) in [5, 5.41) is 0. The number of fused-ring (bicyclic) bond motifs is 1. The van der Waals surface area contributed by atoms with Crippen molar-refractivity contribution in [2.75, 3.05) is 0 Å². The standard InChI is InChI=1S/C19H30N4O3/c1-12(2)10-22-11-20-17-16(22)18(24)23(19(25)21(17)5)7-6-15-8-13(3)26-14(4)9-15/h11-15H,6-10H2,1-5H3/t13-,14-/m1/s1. The van der Waals surface area contributed by atoms with Crippen LogP contribution in [0.1, 0.15) is 47.0 Å². The fraction of sp³-hybridized carbons (Fsp3) is 0.737. The molecule has 2 atom stereocenters. The maximum Gasteiger partial charge on any atom is 0.332 e. The quantitative estimate of drug-likeness (QED) is 0.817. The van der Waals surface area contributed by atoms with E-state index in [4.69, 9.17) is 4.74 Å². The van der Waals surface area contributed by atoms with Crippen molar-refractivity contribution in [3.8, 4) is 0 Å². The Bertz CT molecular complexity index is 883. The molecule has 0 unspecified atom stereocenters. The Labute approximate surface area is 153 Å². The molecule has 144 valence electrons. The number of hydrogen-bond acceptors (Lipinski definition) is 4. The van der Waals surface area contributed by atoms with Crippen molar-refractivity contribution in [2.24, 2.45) is 18.9 Å². The number of hydrogen-bond donors (Lipinski definition) is 0. The van der Waals surface area contributed by atoms with Gasteiger partial charge in [-0.25, -0.2) is 9.78 Å². The first kappa shape index (κ1) is 18.9. The average molecular weight is 362 g/mol. The van der Waals surface area contributed by atoms with Gasteiger partial charge in [0.2, 0.25) is 0 Å². The van der Waals surface area contributed by atoms with Crippen LogP contribution >= 0.6 is 0 Å². The molecular weight excluding hydrogens is 332 g/mol. The number of aryl methyl sites for hydroxylation is 1. The SMILES string of the molecule is CC(C)Cn1cnc2c1c(=O)n(CCC1C[C@@H](C)O[C@H](C)C1)c(=O)n2C. The van der Waals surface area contributed by atoms with E-state index in [1.165, 1.54) is 9.13 Å². The lowest BCUT2D eigenvalue weighted by Crippen LogP contribution is -2.40. The van der Waals surface area contributed by atoms with Crippen LogP contribution in [0.4, 0.5) is 0 Å². The van der Waals surface area contributed by atoms with Gasteiger partial charge in [-0.2, -0.15) is 0 Å². The van der Waals surface area contributed by atoms with Gasteiger partial charge in [-0.15, -0.1) is 0 Å². The summed E-state index contributed by atoms with van der Waals surface area (Å²) in [5.74, 6) is 0.865. The van der Waals surface area contributed by atoms with Crippen LogP contribution in [0.5, 0.6) is 0 Å². The van der Waals surface area contributed by atoms with Crippen LogP contribution in [0, 0.1) is 11.8 Å². The highest BCUT2D eigenvalue weighted by Crippen LogP contribution is 2.27. The lowest BCUT2D eigenvalue weighted by molar-refractivity contribution is -0.0540. The molecule has 0 bridgehead atoms. The maximum absolute atomic E-state index is 13.0. The highest BCUT2D eigenvalue weighted by molar-refractivity contribution is 5.69. The molecule has 0 aliphatic carbocycles. The zero-order valence-electron chi connectivity index (χ0n) is 16.4. The second-order valence-corrected chi connectivity index (χ2v) is 8.14. The molecule has 7 nitrogen and oxygen atoms in total. The van der Waals surface area contributed by atoms with Crippen molar-refractivity contribution in [1.82, 2.24) is 18.7 Å². The van der Waals surface area contributed by atoms with Gasteiger partial charge in [0.05, 0.1) is 18.5 Å². The minimum Gasteiger partial charge on any atom is -0.376 e. The number of imidazole rings is 1. The van der Waals surface area contributed by atoms with Crippen LogP contribution in [0.25, 0.3) is 11.2 Å². The fourth-order valence-corrected chi connectivity index (χ4v) is 4.14. The van der Waals surface area contributed by atoms with Gasteiger partial charge in [0.1, 0.15) is 0 Å². The van der Waals surface area contributed by atoms with Crippen molar-refractivity contribution in [3.63, 3.8) is 0 Å². The minimum absolute atomic E-state index is 0.227. The Morgan fingerprint density at radius 3 is 2.50 bits per heavy atom. The lowest BCUT2D eigenvalue weighted by Gasteiger charge is -2.32. The molecule has 0 N–H and O–H groups in total. The third-order valence-electron chi connectivity index (χ3n) is 5.22. The third-order valence-corrected chi connectivity index (χ3v) is 5.22. The normalized spacial score (nSPS) is 23.8. The highest BCUT2D eigenvalue weighted by atomic mass is 16.5. The van der Waals surface area contributed by atoms with E-state index in [9.17, 15) is 9.59 Å². The summed E-state index contributed by atoms with van der Waals surface area (Å²) < 4.78 is 10.5. The van der Waals surface area contributed by atoms with Crippen molar-refractivity contribution in [3.05, 3.63) is 27.2 Å². The summed E-state index contributed by atoms with van der Waals surface area (Å²) in [6, 6.07) is 0. The van der Waals surface area contributed by atoms with E-state index in [0.717, 1.165) is 19.3 Å². The van der Waals surface area contributed by atoms with Crippen LogP contribution < -0.4 is 11.2 Å². The van der Waals surface area contributed by atoms with Crippen molar-refractivity contribution >= 4 is 11.2 Å². The fourth-order valence-electron chi connectivity index (χ4n) is 4.14. The van der Waals surface area contributed by atoms with E-state index >= 15 is 0 Å². The van der Waals surface area contributed by atoms with E-state index in [0.29, 0.717) is 36.1 Å². The Morgan fingerprint density at radius 2 is 1.88 bits per heavy atom. The van der Waals surface area contributed by atoms with Gasteiger partial charge in [0.15, 0.2) is 11.2 Å². The molecule has 1 aliphatic heterocycles. The molecule has 7 heteroatoms. The summed E-state index contributed by atoms with van der Waals surface area (Å²) in [7, 11) is 1.69.